The molecule has 0 aromatic heterocycles. The Morgan fingerprint density at radius 1 is 1.10 bits per heavy atom. The second-order valence-electron chi connectivity index (χ2n) is 6.17. The summed E-state index contributed by atoms with van der Waals surface area (Å²) < 4.78 is 0. The molecule has 0 rings (SSSR count). The summed E-state index contributed by atoms with van der Waals surface area (Å²) in [5.41, 5.74) is 10.4. The van der Waals surface area contributed by atoms with Crippen LogP contribution in [0.5, 0.6) is 0 Å². The molecule has 0 radical (unpaired) electrons. The van der Waals surface area contributed by atoms with Gasteiger partial charge in [0.1, 0.15) is 18.1 Å². The Labute approximate surface area is 166 Å². The van der Waals surface area contributed by atoms with Gasteiger partial charge in [-0.2, -0.15) is 0 Å². The van der Waals surface area contributed by atoms with Gasteiger partial charge in [0.15, 0.2) is 5.96 Å². The van der Waals surface area contributed by atoms with E-state index in [1.807, 2.05) is 0 Å². The Hall–Kier alpha value is -2.97. The van der Waals surface area contributed by atoms with E-state index in [0.717, 1.165) is 0 Å². The molecule has 0 saturated carbocycles. The summed E-state index contributed by atoms with van der Waals surface area (Å²) in [5, 5.41) is 43.8. The summed E-state index contributed by atoms with van der Waals surface area (Å²) in [7, 11) is 0. The molecule has 0 aromatic rings. The van der Waals surface area contributed by atoms with Gasteiger partial charge in [-0.3, -0.25) is 19.8 Å². The number of carboxylic acid groups (broad SMARTS) is 1. The van der Waals surface area contributed by atoms with E-state index in [2.05, 4.69) is 21.3 Å². The lowest BCUT2D eigenvalue weighted by Gasteiger charge is -2.23. The van der Waals surface area contributed by atoms with Crippen LogP contribution in [-0.4, -0.2) is 88.9 Å². The fourth-order valence-corrected chi connectivity index (χ4v) is 2.06. The predicted molar refractivity (Wildman–Crippen MR) is 100 cm³/mol. The van der Waals surface area contributed by atoms with Gasteiger partial charge in [0.25, 0.3) is 0 Å². The number of aliphatic carboxylic acids is 1. The predicted octanol–water partition coefficient (Wildman–Crippen LogP) is -4.88. The average Bonchev–Trinajstić information content (AvgIpc) is 2.64. The molecule has 14 nitrogen and oxygen atoms in total. The third kappa shape index (κ3) is 10.8. The molecule has 0 aliphatic carbocycles. The summed E-state index contributed by atoms with van der Waals surface area (Å²) in [6, 6.07) is -3.98. The molecule has 3 amide bonds. The van der Waals surface area contributed by atoms with E-state index in [4.69, 9.17) is 22.0 Å². The maximum absolute atomic E-state index is 12.3. The Morgan fingerprint density at radius 2 is 1.72 bits per heavy atom. The van der Waals surface area contributed by atoms with Crippen molar-refractivity contribution in [2.45, 2.75) is 44.0 Å². The number of amides is 3. The Kier molecular flexibility index (Phi) is 11.9. The van der Waals surface area contributed by atoms with Crippen molar-refractivity contribution in [1.82, 2.24) is 21.3 Å². The van der Waals surface area contributed by atoms with Crippen LogP contribution < -0.4 is 32.7 Å². The highest BCUT2D eigenvalue weighted by Crippen LogP contribution is 2.01. The third-order valence-electron chi connectivity index (χ3n) is 3.64. The van der Waals surface area contributed by atoms with Crippen LogP contribution in [0.3, 0.4) is 0 Å². The first kappa shape index (κ1) is 26.0. The molecule has 0 bridgehead atoms. The fraction of sp³-hybridized carbons (Fsp3) is 0.667. The van der Waals surface area contributed by atoms with Crippen molar-refractivity contribution in [3.63, 3.8) is 0 Å². The standard InChI is InChI=1S/C15H29N7O7/c1-7(24)11(22-10(25)5-20-12(26)8(16)6-23)13(27)21-9(14(28)29)3-2-4-19-15(17)18/h7-9,11,23-24H,2-6,16H2,1H3,(H,20,26)(H,21,27)(H,22,25)(H,28,29)(H4,17,18,19)/t7-,8+,9+,11+/m1/s1. The molecule has 0 aromatic carbocycles. The number of nitrogens with one attached hydrogen (secondary N) is 5. The smallest absolute Gasteiger partial charge is 0.326 e. The van der Waals surface area contributed by atoms with E-state index in [9.17, 15) is 29.4 Å². The molecule has 0 aliphatic heterocycles. The zero-order valence-corrected chi connectivity index (χ0v) is 16.0. The number of carbonyl (C=O) groups excluding carboxylic acids is 3. The highest BCUT2D eigenvalue weighted by Gasteiger charge is 2.29. The van der Waals surface area contributed by atoms with E-state index >= 15 is 0 Å². The second-order valence-corrected chi connectivity index (χ2v) is 6.17. The lowest BCUT2D eigenvalue weighted by molar-refractivity contribution is -0.143. The molecule has 14 heteroatoms. The zero-order valence-electron chi connectivity index (χ0n) is 16.0. The van der Waals surface area contributed by atoms with Crippen LogP contribution in [0.1, 0.15) is 19.8 Å². The van der Waals surface area contributed by atoms with E-state index < -0.39 is 61.1 Å². The molecule has 0 spiro atoms. The first-order valence-electron chi connectivity index (χ1n) is 8.72. The number of carboxylic acids is 1. The van der Waals surface area contributed by atoms with Crippen molar-refractivity contribution in [2.75, 3.05) is 19.7 Å². The van der Waals surface area contributed by atoms with Crippen molar-refractivity contribution in [2.24, 2.45) is 11.5 Å². The molecule has 0 heterocycles. The van der Waals surface area contributed by atoms with Crippen LogP contribution in [0, 0.1) is 5.41 Å². The van der Waals surface area contributed by atoms with E-state index in [0.29, 0.717) is 0 Å². The molecule has 12 N–H and O–H groups in total. The summed E-state index contributed by atoms with van der Waals surface area (Å²) in [4.78, 5) is 46.9. The van der Waals surface area contributed by atoms with Crippen LogP contribution in [0.4, 0.5) is 0 Å². The number of aliphatic hydroxyl groups is 2. The van der Waals surface area contributed by atoms with Crippen LogP contribution in [0.15, 0.2) is 0 Å². The first-order valence-corrected chi connectivity index (χ1v) is 8.72. The topological polar surface area (TPSA) is 253 Å². The quantitative estimate of drug-likeness (QED) is 0.0773. The van der Waals surface area contributed by atoms with Crippen molar-refractivity contribution in [3.05, 3.63) is 0 Å². The van der Waals surface area contributed by atoms with Gasteiger partial charge in [-0.15, -0.1) is 0 Å². The Balaban J connectivity index is 4.76. The number of aliphatic hydroxyl groups excluding tert-OH is 2. The van der Waals surface area contributed by atoms with Crippen molar-refractivity contribution in [1.29, 1.82) is 5.41 Å². The third-order valence-corrected chi connectivity index (χ3v) is 3.64. The van der Waals surface area contributed by atoms with Crippen molar-refractivity contribution >= 4 is 29.7 Å². The minimum atomic E-state index is -1.47. The number of rotatable bonds is 13. The SMILES string of the molecule is C[C@@H](O)[C@H](NC(=O)CNC(=O)[C@@H](N)CO)C(=O)N[C@@H](CCCNC(=N)N)C(=O)O. The zero-order chi connectivity index (χ0) is 22.6. The van der Waals surface area contributed by atoms with Crippen LogP contribution in [-0.2, 0) is 19.2 Å². The maximum atomic E-state index is 12.3. The van der Waals surface area contributed by atoms with Crippen LogP contribution >= 0.6 is 0 Å². The van der Waals surface area contributed by atoms with Crippen LogP contribution in [0.2, 0.25) is 0 Å². The number of carbonyl (C=O) groups is 4. The minimum absolute atomic E-state index is 0.0108. The van der Waals surface area contributed by atoms with Gasteiger partial charge in [-0.1, -0.05) is 0 Å². The lowest BCUT2D eigenvalue weighted by Crippen LogP contribution is -2.57. The van der Waals surface area contributed by atoms with Crippen molar-refractivity contribution in [3.8, 4) is 0 Å². The molecule has 0 fully saturated rings. The second kappa shape index (κ2) is 13.2. The Morgan fingerprint density at radius 3 is 2.21 bits per heavy atom. The molecule has 4 atom stereocenters. The van der Waals surface area contributed by atoms with E-state index in [1.165, 1.54) is 6.92 Å². The normalized spacial score (nSPS) is 14.6. The monoisotopic (exact) mass is 419 g/mol. The van der Waals surface area contributed by atoms with Gasteiger partial charge in [-0.05, 0) is 19.8 Å². The van der Waals surface area contributed by atoms with Crippen LogP contribution in [0.25, 0.3) is 0 Å². The highest BCUT2D eigenvalue weighted by molar-refractivity contribution is 5.92. The van der Waals surface area contributed by atoms with Gasteiger partial charge >= 0.3 is 5.97 Å². The number of guanidine groups is 1. The highest BCUT2D eigenvalue weighted by atomic mass is 16.4. The number of hydrogen-bond acceptors (Lipinski definition) is 8. The summed E-state index contributed by atoms with van der Waals surface area (Å²) in [6.45, 7) is 0.255. The minimum Gasteiger partial charge on any atom is -0.480 e. The molecular weight excluding hydrogens is 390 g/mol. The largest absolute Gasteiger partial charge is 0.480 e. The molecule has 29 heavy (non-hydrogen) atoms. The summed E-state index contributed by atoms with van der Waals surface area (Å²) in [5.74, 6) is -4.14. The van der Waals surface area contributed by atoms with E-state index in [-0.39, 0.29) is 25.3 Å². The van der Waals surface area contributed by atoms with Gasteiger partial charge in [0, 0.05) is 6.54 Å². The van der Waals surface area contributed by atoms with Gasteiger partial charge < -0.3 is 48.1 Å². The molecule has 0 saturated heterocycles. The number of hydrogen-bond donors (Lipinski definition) is 10. The maximum Gasteiger partial charge on any atom is 0.326 e. The first-order chi connectivity index (χ1) is 13.5. The molecule has 166 valence electrons. The average molecular weight is 419 g/mol. The lowest BCUT2D eigenvalue weighted by atomic mass is 10.1. The van der Waals surface area contributed by atoms with E-state index in [1.54, 1.807) is 0 Å². The summed E-state index contributed by atoms with van der Waals surface area (Å²) in [6.07, 6.45) is -1.07. The van der Waals surface area contributed by atoms with Crippen molar-refractivity contribution < 1.29 is 34.5 Å². The number of nitrogens with two attached hydrogens (primary N) is 2. The van der Waals surface area contributed by atoms with Gasteiger partial charge in [0.05, 0.1) is 19.3 Å². The summed E-state index contributed by atoms with van der Waals surface area (Å²) >= 11 is 0. The van der Waals surface area contributed by atoms with Gasteiger partial charge in [0.2, 0.25) is 17.7 Å². The molecular formula is C15H29N7O7. The molecule has 0 aliphatic rings. The van der Waals surface area contributed by atoms with Gasteiger partial charge in [-0.25, -0.2) is 4.79 Å². The Bertz CT molecular complexity index is 600. The molecule has 0 unspecified atom stereocenters. The fourth-order valence-electron chi connectivity index (χ4n) is 2.06.